The lowest BCUT2D eigenvalue weighted by Crippen LogP contribution is -2.11. The van der Waals surface area contributed by atoms with Crippen LogP contribution in [0.3, 0.4) is 0 Å². The van der Waals surface area contributed by atoms with E-state index in [9.17, 15) is 22.4 Å². The number of Topliss-reactive ketones (excluding diaryl/α,β-unsaturated/α-hetero) is 1. The summed E-state index contributed by atoms with van der Waals surface area (Å²) in [5.74, 6) is -7.68. The average molecular weight is 221 g/mol. The molecule has 15 heavy (non-hydrogen) atoms. The number of hydrogen-bond acceptors (Lipinski definition) is 2. The number of benzene rings is 1. The van der Waals surface area contributed by atoms with Gasteiger partial charge in [-0.3, -0.25) is 4.79 Å². The monoisotopic (exact) mass is 221 g/mol. The van der Waals surface area contributed by atoms with Crippen molar-refractivity contribution < 1.29 is 22.4 Å². The van der Waals surface area contributed by atoms with Gasteiger partial charge in [-0.1, -0.05) is 0 Å². The minimum absolute atomic E-state index is 0.819. The normalized spacial score (nSPS) is 10.3. The highest BCUT2D eigenvalue weighted by atomic mass is 19.2. The Morgan fingerprint density at radius 1 is 1.00 bits per heavy atom. The zero-order valence-electron chi connectivity index (χ0n) is 7.92. The van der Waals surface area contributed by atoms with E-state index in [1.54, 1.807) is 0 Å². The number of rotatable bonds is 2. The molecule has 1 N–H and O–H groups in total. The van der Waals surface area contributed by atoms with Gasteiger partial charge in [0.1, 0.15) is 5.69 Å². The zero-order valence-corrected chi connectivity index (χ0v) is 7.92. The Labute approximate surface area is 82.9 Å². The molecule has 0 aromatic heterocycles. The van der Waals surface area contributed by atoms with Crippen molar-refractivity contribution in [3.63, 3.8) is 0 Å². The molecule has 82 valence electrons. The molecular formula is C9H7F4NO. The Morgan fingerprint density at radius 2 is 1.40 bits per heavy atom. The Morgan fingerprint density at radius 3 is 1.67 bits per heavy atom. The third kappa shape index (κ3) is 1.67. The van der Waals surface area contributed by atoms with Crippen LogP contribution < -0.4 is 5.32 Å². The predicted octanol–water partition coefficient (Wildman–Crippen LogP) is 2.49. The number of hydrogen-bond donors (Lipinski definition) is 1. The number of carbonyl (C=O) groups is 1. The molecule has 0 aliphatic heterocycles. The standard InChI is InChI=1S/C9H7F4NO/c1-3(15)4-5(10)7(12)9(14-2)8(13)6(4)11/h14H,1-2H3. The summed E-state index contributed by atoms with van der Waals surface area (Å²) in [5, 5.41) is 1.97. The molecule has 0 saturated heterocycles. The van der Waals surface area contributed by atoms with Crippen molar-refractivity contribution in [2.75, 3.05) is 12.4 Å². The molecule has 1 aromatic carbocycles. The Kier molecular flexibility index (Phi) is 2.97. The summed E-state index contributed by atoms with van der Waals surface area (Å²) in [6.45, 7) is 0.819. The smallest absolute Gasteiger partial charge is 0.185 e. The Bertz CT molecular complexity index is 402. The highest BCUT2D eigenvalue weighted by molar-refractivity contribution is 5.95. The highest BCUT2D eigenvalue weighted by Gasteiger charge is 2.26. The van der Waals surface area contributed by atoms with Crippen LogP contribution in [0, 0.1) is 23.3 Å². The van der Waals surface area contributed by atoms with Gasteiger partial charge in [-0.2, -0.15) is 0 Å². The van der Waals surface area contributed by atoms with Crippen molar-refractivity contribution >= 4 is 11.5 Å². The first-order valence-electron chi connectivity index (χ1n) is 3.96. The molecule has 0 aliphatic rings. The minimum atomic E-state index is -1.69. The van der Waals surface area contributed by atoms with Crippen LogP contribution in [-0.4, -0.2) is 12.8 Å². The first-order valence-corrected chi connectivity index (χ1v) is 3.96. The molecular weight excluding hydrogens is 214 g/mol. The zero-order chi connectivity index (χ0) is 11.7. The second kappa shape index (κ2) is 3.88. The lowest BCUT2D eigenvalue weighted by atomic mass is 10.1. The molecule has 0 fully saturated rings. The molecule has 0 unspecified atom stereocenters. The Hall–Kier alpha value is -1.59. The molecule has 1 rings (SSSR count). The molecule has 0 aliphatic carbocycles. The second-order valence-corrected chi connectivity index (χ2v) is 2.81. The second-order valence-electron chi connectivity index (χ2n) is 2.81. The van der Waals surface area contributed by atoms with E-state index in [4.69, 9.17) is 0 Å². The van der Waals surface area contributed by atoms with Gasteiger partial charge >= 0.3 is 0 Å². The lowest BCUT2D eigenvalue weighted by molar-refractivity contribution is 0.100. The van der Waals surface area contributed by atoms with Gasteiger partial charge < -0.3 is 5.32 Å². The number of ketones is 1. The summed E-state index contributed by atoms with van der Waals surface area (Å²) < 4.78 is 52.3. The van der Waals surface area contributed by atoms with E-state index in [-0.39, 0.29) is 0 Å². The fourth-order valence-electron chi connectivity index (χ4n) is 1.16. The van der Waals surface area contributed by atoms with Gasteiger partial charge in [-0.05, 0) is 6.92 Å². The maximum absolute atomic E-state index is 13.1. The lowest BCUT2D eigenvalue weighted by Gasteiger charge is -2.09. The van der Waals surface area contributed by atoms with Gasteiger partial charge in [0.15, 0.2) is 29.1 Å². The fourth-order valence-corrected chi connectivity index (χ4v) is 1.16. The SMILES string of the molecule is CNc1c(F)c(F)c(C(C)=O)c(F)c1F. The van der Waals surface area contributed by atoms with Crippen LogP contribution in [0.2, 0.25) is 0 Å². The van der Waals surface area contributed by atoms with Gasteiger partial charge in [-0.15, -0.1) is 0 Å². The van der Waals surface area contributed by atoms with Crippen LogP contribution in [0.15, 0.2) is 0 Å². The van der Waals surface area contributed by atoms with E-state index in [2.05, 4.69) is 0 Å². The molecule has 0 heterocycles. The summed E-state index contributed by atoms with van der Waals surface area (Å²) in [6, 6.07) is 0. The van der Waals surface area contributed by atoms with E-state index in [0.717, 1.165) is 14.0 Å². The van der Waals surface area contributed by atoms with Crippen molar-refractivity contribution in [1.82, 2.24) is 0 Å². The summed E-state index contributed by atoms with van der Waals surface area (Å²) in [7, 11) is 1.10. The summed E-state index contributed by atoms with van der Waals surface area (Å²) in [5.41, 5.74) is -2.14. The fraction of sp³-hybridized carbons (Fsp3) is 0.222. The first kappa shape index (κ1) is 11.5. The largest absolute Gasteiger partial charge is 0.383 e. The number of anilines is 1. The van der Waals surface area contributed by atoms with Crippen molar-refractivity contribution in [1.29, 1.82) is 0 Å². The summed E-state index contributed by atoms with van der Waals surface area (Å²) in [6.07, 6.45) is 0. The third-order valence-electron chi connectivity index (χ3n) is 1.87. The predicted molar refractivity (Wildman–Crippen MR) is 45.8 cm³/mol. The van der Waals surface area contributed by atoms with E-state index < -0.39 is 40.3 Å². The van der Waals surface area contributed by atoms with Crippen molar-refractivity contribution in [2.45, 2.75) is 6.92 Å². The minimum Gasteiger partial charge on any atom is -0.383 e. The van der Waals surface area contributed by atoms with E-state index in [1.807, 2.05) is 5.32 Å². The van der Waals surface area contributed by atoms with Crippen LogP contribution >= 0.6 is 0 Å². The van der Waals surface area contributed by atoms with Gasteiger partial charge in [0.2, 0.25) is 0 Å². The quantitative estimate of drug-likeness (QED) is 0.472. The third-order valence-corrected chi connectivity index (χ3v) is 1.87. The van der Waals surface area contributed by atoms with E-state index >= 15 is 0 Å². The molecule has 1 aromatic rings. The first-order chi connectivity index (χ1) is 6.91. The topological polar surface area (TPSA) is 29.1 Å². The van der Waals surface area contributed by atoms with Gasteiger partial charge in [0.05, 0.1) is 5.56 Å². The van der Waals surface area contributed by atoms with Crippen LogP contribution in [0.5, 0.6) is 0 Å². The maximum atomic E-state index is 13.1. The molecule has 0 radical (unpaired) electrons. The number of halogens is 4. The molecule has 0 spiro atoms. The van der Waals surface area contributed by atoms with Crippen molar-refractivity contribution in [2.24, 2.45) is 0 Å². The maximum Gasteiger partial charge on any atom is 0.185 e. The molecule has 6 heteroatoms. The summed E-state index contributed by atoms with van der Waals surface area (Å²) in [4.78, 5) is 10.8. The number of carbonyl (C=O) groups excluding carboxylic acids is 1. The van der Waals surface area contributed by atoms with Crippen molar-refractivity contribution in [3.05, 3.63) is 28.8 Å². The number of nitrogens with one attached hydrogen (secondary N) is 1. The highest BCUT2D eigenvalue weighted by Crippen LogP contribution is 2.27. The van der Waals surface area contributed by atoms with Crippen LogP contribution in [0.4, 0.5) is 23.2 Å². The summed E-state index contributed by atoms with van der Waals surface area (Å²) >= 11 is 0. The average Bonchev–Trinajstić information content (AvgIpc) is 2.16. The molecule has 2 nitrogen and oxygen atoms in total. The molecule has 0 bridgehead atoms. The van der Waals surface area contributed by atoms with Crippen molar-refractivity contribution in [3.8, 4) is 0 Å². The molecule has 0 amide bonds. The molecule has 0 atom stereocenters. The Balaban J connectivity index is 3.66. The van der Waals surface area contributed by atoms with Gasteiger partial charge in [0, 0.05) is 7.05 Å². The van der Waals surface area contributed by atoms with Crippen LogP contribution in [0.25, 0.3) is 0 Å². The van der Waals surface area contributed by atoms with E-state index in [1.165, 1.54) is 0 Å². The van der Waals surface area contributed by atoms with Crippen LogP contribution in [-0.2, 0) is 0 Å². The van der Waals surface area contributed by atoms with E-state index in [0.29, 0.717) is 0 Å². The van der Waals surface area contributed by atoms with Gasteiger partial charge in [-0.25, -0.2) is 17.6 Å². The molecule has 0 saturated carbocycles. The van der Waals surface area contributed by atoms with Crippen LogP contribution in [0.1, 0.15) is 17.3 Å². The van der Waals surface area contributed by atoms with Gasteiger partial charge in [0.25, 0.3) is 0 Å².